The molecule has 0 aromatic heterocycles. The number of carbonyl (C=O) groups excluding carboxylic acids is 2. The Morgan fingerprint density at radius 3 is 2.38 bits per heavy atom. The van der Waals surface area contributed by atoms with Crippen LogP contribution in [0.2, 0.25) is 0 Å². The summed E-state index contributed by atoms with van der Waals surface area (Å²) in [4.78, 5) is 28.4. The van der Waals surface area contributed by atoms with Crippen molar-refractivity contribution in [3.8, 4) is 0 Å². The summed E-state index contributed by atoms with van der Waals surface area (Å²) in [7, 11) is -3.11. The molecule has 1 atom stereocenters. The van der Waals surface area contributed by atoms with E-state index in [0.717, 1.165) is 18.8 Å². The largest absolute Gasteiger partial charge is 0.372 e. The first-order valence-electron chi connectivity index (χ1n) is 9.07. The standard InChI is InChI=1S/C18H25N3O4S/c1-2-21(16-9-12-26(24,25)13-16)18(23)17(22)19-14-5-7-15(8-6-14)20-10-3-4-11-20/h5-8,16H,2-4,9-13H2,1H3,(H,19,22). The average molecular weight is 379 g/mol. The smallest absolute Gasteiger partial charge is 0.313 e. The molecule has 26 heavy (non-hydrogen) atoms. The number of benzene rings is 1. The third-order valence-electron chi connectivity index (χ3n) is 5.04. The number of hydrogen-bond acceptors (Lipinski definition) is 5. The number of nitrogens with one attached hydrogen (secondary N) is 1. The normalized spacial score (nSPS) is 21.6. The van der Waals surface area contributed by atoms with E-state index in [1.807, 2.05) is 12.1 Å². The lowest BCUT2D eigenvalue weighted by molar-refractivity contribution is -0.144. The predicted molar refractivity (Wildman–Crippen MR) is 101 cm³/mol. The van der Waals surface area contributed by atoms with Crippen molar-refractivity contribution >= 4 is 33.0 Å². The van der Waals surface area contributed by atoms with Gasteiger partial charge in [0, 0.05) is 37.1 Å². The maximum Gasteiger partial charge on any atom is 0.313 e. The van der Waals surface area contributed by atoms with Crippen LogP contribution in [0.1, 0.15) is 26.2 Å². The summed E-state index contributed by atoms with van der Waals surface area (Å²) in [6, 6.07) is 7.03. The van der Waals surface area contributed by atoms with Gasteiger partial charge in [-0.25, -0.2) is 8.42 Å². The maximum absolute atomic E-state index is 12.5. The van der Waals surface area contributed by atoms with Gasteiger partial charge in [0.1, 0.15) is 0 Å². The Balaban J connectivity index is 1.62. The second-order valence-corrected chi connectivity index (χ2v) is 9.07. The van der Waals surface area contributed by atoms with Crippen LogP contribution < -0.4 is 10.2 Å². The molecule has 1 aromatic rings. The van der Waals surface area contributed by atoms with Crippen LogP contribution in [-0.4, -0.2) is 62.3 Å². The van der Waals surface area contributed by atoms with Gasteiger partial charge in [0.05, 0.1) is 11.5 Å². The topological polar surface area (TPSA) is 86.8 Å². The quantitative estimate of drug-likeness (QED) is 0.796. The molecule has 7 nitrogen and oxygen atoms in total. The van der Waals surface area contributed by atoms with Gasteiger partial charge < -0.3 is 15.1 Å². The number of likely N-dealkylation sites (N-methyl/N-ethyl adjacent to an activating group) is 1. The van der Waals surface area contributed by atoms with Crippen molar-refractivity contribution < 1.29 is 18.0 Å². The molecule has 2 aliphatic heterocycles. The number of rotatable bonds is 4. The summed E-state index contributed by atoms with van der Waals surface area (Å²) < 4.78 is 23.3. The molecule has 1 N–H and O–H groups in total. The number of carbonyl (C=O) groups is 2. The van der Waals surface area contributed by atoms with E-state index < -0.39 is 27.7 Å². The molecule has 0 radical (unpaired) electrons. The molecular formula is C18H25N3O4S. The predicted octanol–water partition coefficient (Wildman–Crippen LogP) is 1.26. The van der Waals surface area contributed by atoms with Gasteiger partial charge in [-0.05, 0) is 50.5 Å². The van der Waals surface area contributed by atoms with Crippen molar-refractivity contribution in [2.24, 2.45) is 0 Å². The van der Waals surface area contributed by atoms with Crippen LogP contribution in [0.5, 0.6) is 0 Å². The first-order valence-corrected chi connectivity index (χ1v) is 10.9. The van der Waals surface area contributed by atoms with Crippen LogP contribution in [0.25, 0.3) is 0 Å². The van der Waals surface area contributed by atoms with Gasteiger partial charge in [-0.15, -0.1) is 0 Å². The molecule has 0 aliphatic carbocycles. The van der Waals surface area contributed by atoms with Crippen LogP contribution in [0.4, 0.5) is 11.4 Å². The molecule has 3 rings (SSSR count). The fraction of sp³-hybridized carbons (Fsp3) is 0.556. The van der Waals surface area contributed by atoms with Gasteiger partial charge in [-0.3, -0.25) is 9.59 Å². The third-order valence-corrected chi connectivity index (χ3v) is 6.79. The van der Waals surface area contributed by atoms with Gasteiger partial charge in [0.2, 0.25) is 0 Å². The molecule has 2 aliphatic rings. The lowest BCUT2D eigenvalue weighted by Crippen LogP contribution is -2.46. The van der Waals surface area contributed by atoms with Gasteiger partial charge in [-0.1, -0.05) is 0 Å². The van der Waals surface area contributed by atoms with Gasteiger partial charge >= 0.3 is 11.8 Å². The molecule has 0 spiro atoms. The fourth-order valence-electron chi connectivity index (χ4n) is 3.63. The molecule has 2 fully saturated rings. The zero-order chi connectivity index (χ0) is 18.7. The first kappa shape index (κ1) is 18.7. The van der Waals surface area contributed by atoms with Crippen molar-refractivity contribution in [2.45, 2.75) is 32.2 Å². The summed E-state index contributed by atoms with van der Waals surface area (Å²) in [6.07, 6.45) is 2.77. The van der Waals surface area contributed by atoms with E-state index in [-0.39, 0.29) is 11.5 Å². The minimum Gasteiger partial charge on any atom is -0.372 e. The molecule has 2 saturated heterocycles. The number of amides is 2. The Labute approximate surface area is 154 Å². The summed E-state index contributed by atoms with van der Waals surface area (Å²) in [5.74, 6) is -1.41. The number of anilines is 2. The summed E-state index contributed by atoms with van der Waals surface area (Å²) >= 11 is 0. The highest BCUT2D eigenvalue weighted by Gasteiger charge is 2.36. The molecular weight excluding hydrogens is 354 g/mol. The van der Waals surface area contributed by atoms with Crippen LogP contribution >= 0.6 is 0 Å². The monoisotopic (exact) mass is 379 g/mol. The second kappa shape index (κ2) is 7.65. The molecule has 1 aromatic carbocycles. The number of sulfone groups is 1. The molecule has 142 valence electrons. The van der Waals surface area contributed by atoms with Crippen molar-refractivity contribution in [1.29, 1.82) is 0 Å². The summed E-state index contributed by atoms with van der Waals surface area (Å²) in [5, 5.41) is 2.62. The number of nitrogens with zero attached hydrogens (tertiary/aromatic N) is 2. The van der Waals surface area contributed by atoms with Crippen LogP contribution in [0, 0.1) is 0 Å². The van der Waals surface area contributed by atoms with Crippen LogP contribution in [-0.2, 0) is 19.4 Å². The number of hydrogen-bond donors (Lipinski definition) is 1. The highest BCUT2D eigenvalue weighted by molar-refractivity contribution is 7.91. The van der Waals surface area contributed by atoms with Crippen LogP contribution in [0.3, 0.4) is 0 Å². The van der Waals surface area contributed by atoms with E-state index in [1.165, 1.54) is 17.7 Å². The molecule has 0 bridgehead atoms. The minimum atomic E-state index is -3.11. The van der Waals surface area contributed by atoms with Crippen molar-refractivity contribution in [3.63, 3.8) is 0 Å². The van der Waals surface area contributed by atoms with Crippen molar-refractivity contribution in [3.05, 3.63) is 24.3 Å². The first-order chi connectivity index (χ1) is 12.4. The third kappa shape index (κ3) is 4.17. The van der Waals surface area contributed by atoms with Gasteiger partial charge in [0.15, 0.2) is 9.84 Å². The molecule has 8 heteroatoms. The fourth-order valence-corrected chi connectivity index (χ4v) is 5.37. The molecule has 2 amide bonds. The minimum absolute atomic E-state index is 0.0651. The van der Waals surface area contributed by atoms with E-state index in [1.54, 1.807) is 19.1 Å². The Kier molecular flexibility index (Phi) is 5.50. The van der Waals surface area contributed by atoms with E-state index in [2.05, 4.69) is 10.2 Å². The van der Waals surface area contributed by atoms with Crippen molar-refractivity contribution in [1.82, 2.24) is 4.90 Å². The van der Waals surface area contributed by atoms with E-state index in [4.69, 9.17) is 0 Å². The zero-order valence-electron chi connectivity index (χ0n) is 15.0. The molecule has 1 unspecified atom stereocenters. The molecule has 0 saturated carbocycles. The van der Waals surface area contributed by atoms with Gasteiger partial charge in [-0.2, -0.15) is 0 Å². The summed E-state index contributed by atoms with van der Waals surface area (Å²) in [5.41, 5.74) is 1.67. The van der Waals surface area contributed by atoms with Crippen LogP contribution in [0.15, 0.2) is 24.3 Å². The Morgan fingerprint density at radius 1 is 1.19 bits per heavy atom. The van der Waals surface area contributed by atoms with E-state index in [0.29, 0.717) is 18.7 Å². The maximum atomic E-state index is 12.5. The van der Waals surface area contributed by atoms with E-state index in [9.17, 15) is 18.0 Å². The lowest BCUT2D eigenvalue weighted by atomic mass is 10.2. The lowest BCUT2D eigenvalue weighted by Gasteiger charge is -2.26. The highest BCUT2D eigenvalue weighted by atomic mass is 32.2. The zero-order valence-corrected chi connectivity index (χ0v) is 15.8. The van der Waals surface area contributed by atoms with E-state index >= 15 is 0 Å². The molecule has 2 heterocycles. The highest BCUT2D eigenvalue weighted by Crippen LogP contribution is 2.22. The second-order valence-electron chi connectivity index (χ2n) is 6.84. The SMILES string of the molecule is CCN(C(=O)C(=O)Nc1ccc(N2CCCC2)cc1)C1CCS(=O)(=O)C1. The van der Waals surface area contributed by atoms with Crippen molar-refractivity contribution in [2.75, 3.05) is 41.4 Å². The van der Waals surface area contributed by atoms with Gasteiger partial charge in [0.25, 0.3) is 0 Å². The Bertz CT molecular complexity index is 770. The summed E-state index contributed by atoms with van der Waals surface area (Å²) in [6.45, 7) is 4.14. The average Bonchev–Trinajstić information content (AvgIpc) is 3.26. The Hall–Kier alpha value is -2.09. The Morgan fingerprint density at radius 2 is 1.85 bits per heavy atom.